The molecule has 4 heterocycles. The van der Waals surface area contributed by atoms with Crippen LogP contribution >= 0.6 is 0 Å². The summed E-state index contributed by atoms with van der Waals surface area (Å²) < 4.78 is 156. The fourth-order valence-electron chi connectivity index (χ4n) is 14.7. The number of benzene rings is 4. The maximum Gasteiger partial charge on any atom is 0.416 e. The molecule has 0 unspecified atom stereocenters. The lowest BCUT2D eigenvalue weighted by molar-refractivity contribution is -0.144. The van der Waals surface area contributed by atoms with Crippen LogP contribution in [0.2, 0.25) is 0 Å². The van der Waals surface area contributed by atoms with Crippen molar-refractivity contribution < 1.29 is 71.9 Å². The molecular formula is C72H82F12N4O4. The van der Waals surface area contributed by atoms with E-state index in [-0.39, 0.29) is 36.7 Å². The second kappa shape index (κ2) is 26.7. The minimum Gasteiger partial charge on any atom is -0.296 e. The van der Waals surface area contributed by atoms with Crippen molar-refractivity contribution in [3.8, 4) is 0 Å². The summed E-state index contributed by atoms with van der Waals surface area (Å²) in [6, 6.07) is 18.7. The summed E-state index contributed by atoms with van der Waals surface area (Å²) in [4.78, 5) is 62.2. The Hall–Kier alpha value is -7.12. The molecule has 10 rings (SSSR count). The molecule has 0 N–H and O–H groups in total. The van der Waals surface area contributed by atoms with Crippen LogP contribution in [0.25, 0.3) is 12.2 Å². The number of amides is 6. The van der Waals surface area contributed by atoms with Gasteiger partial charge in [0.25, 0.3) is 0 Å². The molecule has 0 radical (unpaired) electrons. The second-order valence-corrected chi connectivity index (χ2v) is 27.3. The molecule has 6 amide bonds. The van der Waals surface area contributed by atoms with Gasteiger partial charge in [0, 0.05) is 24.5 Å². The first-order valence-corrected chi connectivity index (χ1v) is 31.5. The van der Waals surface area contributed by atoms with E-state index in [1.54, 1.807) is 35.8 Å². The molecule has 0 aromatic heterocycles. The minimum atomic E-state index is -4.45. The zero-order chi connectivity index (χ0) is 67.9. The third kappa shape index (κ3) is 14.8. The Bertz CT molecular complexity index is 3270. The predicted molar refractivity (Wildman–Crippen MR) is 330 cm³/mol. The van der Waals surface area contributed by atoms with Crippen LogP contribution in [0.4, 0.5) is 62.3 Å². The van der Waals surface area contributed by atoms with Crippen LogP contribution < -0.4 is 0 Å². The van der Waals surface area contributed by atoms with E-state index in [4.69, 9.17) is 0 Å². The molecule has 4 aromatic carbocycles. The van der Waals surface area contributed by atoms with Crippen molar-refractivity contribution in [1.29, 1.82) is 0 Å². The van der Waals surface area contributed by atoms with E-state index in [1.165, 1.54) is 84.0 Å². The Morgan fingerprint density at radius 2 is 0.750 bits per heavy atom. The third-order valence-corrected chi connectivity index (χ3v) is 19.1. The van der Waals surface area contributed by atoms with Crippen molar-refractivity contribution >= 4 is 36.0 Å². The SMILES string of the molecule is C/C(=C\c1ccc(C(F)(F)F)cc1)CN1C(=O)N2C[C@](C)(Cc3ccc(C(F)(F)F)cc3)CC3=C2[C@@](C(C)C)(CC3)C1=O.C/C(=C\c1ccc(C(F)(F)F)cc1)CN1C(=O)N2C[C@](C)(Cc3ccc(C(F)(F)F)cc3)CC3=C2[C@@](C(C)C)(CC3)C1=O.CCCCCC. The van der Waals surface area contributed by atoms with Crippen molar-refractivity contribution in [2.24, 2.45) is 33.5 Å². The predicted octanol–water partition coefficient (Wildman–Crippen LogP) is 20.1. The summed E-state index contributed by atoms with van der Waals surface area (Å²) in [5.74, 6) is -0.714. The van der Waals surface area contributed by atoms with Gasteiger partial charge < -0.3 is 0 Å². The maximum absolute atomic E-state index is 14.1. The molecule has 6 aliphatic rings. The number of halogens is 12. The zero-order valence-electron chi connectivity index (χ0n) is 53.8. The van der Waals surface area contributed by atoms with Crippen LogP contribution in [0.1, 0.15) is 178 Å². The molecule has 2 aliphatic carbocycles. The molecule has 20 heteroatoms. The molecule has 92 heavy (non-hydrogen) atoms. The number of imide groups is 2. The van der Waals surface area contributed by atoms with Crippen LogP contribution in [-0.2, 0) is 47.1 Å². The number of carbonyl (C=O) groups excluding carboxylic acids is 4. The van der Waals surface area contributed by atoms with E-state index in [9.17, 15) is 71.9 Å². The van der Waals surface area contributed by atoms with Gasteiger partial charge in [0.1, 0.15) is 0 Å². The Kier molecular flexibility index (Phi) is 20.5. The fourth-order valence-corrected chi connectivity index (χ4v) is 14.7. The molecule has 4 aliphatic heterocycles. The van der Waals surface area contributed by atoms with Gasteiger partial charge in [-0.05, 0) is 170 Å². The highest BCUT2D eigenvalue weighted by Gasteiger charge is 2.63. The summed E-state index contributed by atoms with van der Waals surface area (Å²) in [6.45, 7) is 20.5. The summed E-state index contributed by atoms with van der Waals surface area (Å²) in [7, 11) is 0. The zero-order valence-corrected chi connectivity index (χ0v) is 53.8. The van der Waals surface area contributed by atoms with Crippen LogP contribution in [-0.4, -0.2) is 69.7 Å². The average molecular weight is 1300 g/mol. The van der Waals surface area contributed by atoms with Crippen molar-refractivity contribution in [2.75, 3.05) is 26.2 Å². The number of rotatable bonds is 15. The smallest absolute Gasteiger partial charge is 0.296 e. The standard InChI is InChI=1S/2C33H34F6N2O2.C6H14/c2*1-20(2)31-14-13-24-17-30(4,16-23-7-11-26(12-8-23)33(37,38)39)19-41(27(24)31)29(43)40(28(31)42)18-21(3)15-22-5-9-25(10-6-22)32(34,35)36;1-3-5-6-4-2/h2*5-12,15,20H,13-14,16-19H2,1-4H3;3-6H2,1-2H3/b2*21-15+;/t2*30-,31+;/m11./s1. The van der Waals surface area contributed by atoms with Gasteiger partial charge in [0.15, 0.2) is 0 Å². The lowest BCUT2D eigenvalue weighted by Gasteiger charge is -2.52. The quantitative estimate of drug-likeness (QED) is 0.0877. The molecule has 0 saturated carbocycles. The lowest BCUT2D eigenvalue weighted by atomic mass is 9.68. The number of hydrogen-bond acceptors (Lipinski definition) is 4. The number of alkyl halides is 12. The first-order valence-electron chi connectivity index (χ1n) is 31.5. The van der Waals surface area contributed by atoms with Crippen molar-refractivity contribution in [1.82, 2.24) is 19.6 Å². The number of hydrogen-bond donors (Lipinski definition) is 0. The Morgan fingerprint density at radius 3 is 1.01 bits per heavy atom. The minimum absolute atomic E-state index is 0.0120. The highest BCUT2D eigenvalue weighted by atomic mass is 19.4. The molecule has 2 fully saturated rings. The van der Waals surface area contributed by atoms with E-state index in [1.807, 2.05) is 41.5 Å². The third-order valence-electron chi connectivity index (χ3n) is 19.1. The Morgan fingerprint density at radius 1 is 0.467 bits per heavy atom. The molecule has 4 aromatic rings. The highest BCUT2D eigenvalue weighted by molar-refractivity contribution is 6.05. The van der Waals surface area contributed by atoms with Crippen molar-refractivity contribution in [2.45, 2.75) is 171 Å². The van der Waals surface area contributed by atoms with E-state index >= 15 is 0 Å². The number of allylic oxidation sites excluding steroid dienone is 2. The topological polar surface area (TPSA) is 81.2 Å². The Labute approximate surface area is 531 Å². The van der Waals surface area contributed by atoms with Gasteiger partial charge in [-0.3, -0.25) is 29.2 Å². The van der Waals surface area contributed by atoms with Gasteiger partial charge in [-0.2, -0.15) is 52.7 Å². The fraction of sp³-hybridized carbons (Fsp3) is 0.500. The van der Waals surface area contributed by atoms with Gasteiger partial charge in [-0.25, -0.2) is 9.59 Å². The highest BCUT2D eigenvalue weighted by Crippen LogP contribution is 2.60. The number of nitrogens with zero attached hydrogens (tertiary/aromatic N) is 4. The van der Waals surface area contributed by atoms with E-state index in [2.05, 4.69) is 13.8 Å². The summed E-state index contributed by atoms with van der Waals surface area (Å²) in [5.41, 5.74) is 1.84. The molecular weight excluding hydrogens is 1210 g/mol. The van der Waals surface area contributed by atoms with Gasteiger partial charge in [0.05, 0.1) is 46.2 Å². The van der Waals surface area contributed by atoms with Crippen LogP contribution in [0.3, 0.4) is 0 Å². The molecule has 498 valence electrons. The number of unbranched alkanes of at least 4 members (excludes halogenated alkanes) is 3. The number of carbonyl (C=O) groups is 4. The molecule has 0 spiro atoms. The van der Waals surface area contributed by atoms with Crippen LogP contribution in [0.15, 0.2) is 131 Å². The van der Waals surface area contributed by atoms with Crippen molar-refractivity contribution in [3.05, 3.63) is 175 Å². The van der Waals surface area contributed by atoms with Gasteiger partial charge in [-0.15, -0.1) is 0 Å². The van der Waals surface area contributed by atoms with Gasteiger partial charge in [0.2, 0.25) is 11.8 Å². The lowest BCUT2D eigenvalue weighted by Crippen LogP contribution is -2.63. The van der Waals surface area contributed by atoms with E-state index in [0.29, 0.717) is 86.7 Å². The average Bonchev–Trinajstić information content (AvgIpc) is 1.46. The summed E-state index contributed by atoms with van der Waals surface area (Å²) >= 11 is 0. The summed E-state index contributed by atoms with van der Waals surface area (Å²) in [6.07, 6.45) is -4.25. The molecule has 2 saturated heterocycles. The Balaban J connectivity index is 0.000000217. The van der Waals surface area contributed by atoms with E-state index in [0.717, 1.165) is 82.2 Å². The largest absolute Gasteiger partial charge is 0.416 e. The monoisotopic (exact) mass is 1290 g/mol. The summed E-state index contributed by atoms with van der Waals surface area (Å²) in [5, 5.41) is 0. The van der Waals surface area contributed by atoms with Crippen LogP contribution in [0.5, 0.6) is 0 Å². The molecule has 4 atom stereocenters. The number of urea groups is 2. The van der Waals surface area contributed by atoms with Crippen molar-refractivity contribution in [3.63, 3.8) is 0 Å². The molecule has 0 bridgehead atoms. The maximum atomic E-state index is 14.1. The first kappa shape index (κ1) is 70.7. The molecule has 8 nitrogen and oxygen atoms in total. The normalized spacial score (nSPS) is 23.7. The van der Waals surface area contributed by atoms with Gasteiger partial charge in [-0.1, -0.05) is 153 Å². The van der Waals surface area contributed by atoms with Crippen LogP contribution in [0, 0.1) is 33.5 Å². The van der Waals surface area contributed by atoms with E-state index < -0.39 is 80.7 Å². The first-order chi connectivity index (χ1) is 42.8. The van der Waals surface area contributed by atoms with Gasteiger partial charge >= 0.3 is 36.8 Å². The second-order valence-electron chi connectivity index (χ2n) is 27.3.